The minimum absolute atomic E-state index is 0.0136. The van der Waals surface area contributed by atoms with Crippen molar-refractivity contribution in [3.63, 3.8) is 0 Å². The maximum Gasteiger partial charge on any atom is 0.290 e. The van der Waals surface area contributed by atoms with Crippen LogP contribution < -0.4 is 4.90 Å². The van der Waals surface area contributed by atoms with E-state index in [0.29, 0.717) is 23.4 Å². The molecular formula is C15H22N4O7S2. The van der Waals surface area contributed by atoms with Crippen LogP contribution in [0.5, 0.6) is 0 Å². The molecule has 3 rings (SSSR count). The number of ether oxygens (including phenoxy) is 1. The third kappa shape index (κ3) is 5.69. The molecule has 2 fully saturated rings. The molecule has 0 spiro atoms. The lowest BCUT2D eigenvalue weighted by molar-refractivity contribution is -0.135. The van der Waals surface area contributed by atoms with Crippen molar-refractivity contribution in [2.45, 2.75) is 20.0 Å². The second kappa shape index (κ2) is 9.89. The molecule has 0 aliphatic carbocycles. The molecule has 1 aromatic rings. The molecule has 1 unspecified atom stereocenters. The van der Waals surface area contributed by atoms with Gasteiger partial charge in [0, 0.05) is 32.7 Å². The van der Waals surface area contributed by atoms with Gasteiger partial charge in [0.25, 0.3) is 6.47 Å². The van der Waals surface area contributed by atoms with E-state index in [0.717, 1.165) is 0 Å². The molecule has 0 bridgehead atoms. The van der Waals surface area contributed by atoms with Crippen LogP contribution in [0.4, 0.5) is 5.13 Å². The Kier molecular flexibility index (Phi) is 7.83. The zero-order chi connectivity index (χ0) is 20.7. The average molecular weight is 434 g/mol. The van der Waals surface area contributed by atoms with E-state index in [4.69, 9.17) is 14.6 Å². The van der Waals surface area contributed by atoms with Crippen LogP contribution in [0.15, 0.2) is 0 Å². The number of nitrogens with zero attached hydrogens (tertiary/aromatic N) is 4. The molecule has 0 saturated carbocycles. The first-order chi connectivity index (χ1) is 13.3. The van der Waals surface area contributed by atoms with Crippen molar-refractivity contribution in [1.82, 2.24) is 15.1 Å². The average Bonchev–Trinajstić information content (AvgIpc) is 3.26. The number of amides is 2. The van der Waals surface area contributed by atoms with Gasteiger partial charge in [0.1, 0.15) is 11.6 Å². The normalized spacial score (nSPS) is 21.2. The van der Waals surface area contributed by atoms with Crippen LogP contribution in [0.25, 0.3) is 0 Å². The van der Waals surface area contributed by atoms with Crippen molar-refractivity contribution in [2.75, 3.05) is 42.6 Å². The largest absolute Gasteiger partial charge is 0.483 e. The van der Waals surface area contributed by atoms with Gasteiger partial charge in [-0.2, -0.15) is 0 Å². The van der Waals surface area contributed by atoms with Gasteiger partial charge in [-0.05, 0) is 6.92 Å². The van der Waals surface area contributed by atoms with E-state index in [9.17, 15) is 18.0 Å². The third-order valence-electron chi connectivity index (χ3n) is 4.25. The van der Waals surface area contributed by atoms with E-state index in [-0.39, 0.29) is 55.8 Å². The quantitative estimate of drug-likeness (QED) is 0.599. The predicted molar refractivity (Wildman–Crippen MR) is 99.6 cm³/mol. The first-order valence-corrected chi connectivity index (χ1v) is 11.2. The molecule has 2 saturated heterocycles. The Morgan fingerprint density at radius 2 is 2.00 bits per heavy atom. The molecule has 0 radical (unpaired) electrons. The number of carbonyl (C=O) groups excluding carboxylic acids is 2. The number of carboxylic acid groups (broad SMARTS) is 1. The van der Waals surface area contributed by atoms with Gasteiger partial charge in [0.2, 0.25) is 16.9 Å². The van der Waals surface area contributed by atoms with Crippen molar-refractivity contribution in [2.24, 2.45) is 5.92 Å². The summed E-state index contributed by atoms with van der Waals surface area (Å²) < 4.78 is 28.2. The zero-order valence-corrected chi connectivity index (χ0v) is 16.9. The number of sulfone groups is 1. The molecule has 1 atom stereocenters. The van der Waals surface area contributed by atoms with E-state index >= 15 is 0 Å². The second-order valence-electron chi connectivity index (χ2n) is 6.10. The lowest BCUT2D eigenvalue weighted by Gasteiger charge is -2.28. The van der Waals surface area contributed by atoms with E-state index in [1.165, 1.54) is 16.2 Å². The van der Waals surface area contributed by atoms with E-state index in [1.807, 2.05) is 6.92 Å². The highest BCUT2D eigenvalue weighted by Gasteiger charge is 2.39. The predicted octanol–water partition coefficient (Wildman–Crippen LogP) is -0.615. The Labute approximate surface area is 166 Å². The number of carbonyl (C=O) groups is 3. The summed E-state index contributed by atoms with van der Waals surface area (Å²) in [6.07, 6.45) is 0.114. The Morgan fingerprint density at radius 3 is 2.61 bits per heavy atom. The number of hydrogen-bond acceptors (Lipinski definition) is 9. The van der Waals surface area contributed by atoms with Gasteiger partial charge >= 0.3 is 0 Å². The first kappa shape index (κ1) is 22.2. The maximum atomic E-state index is 12.6. The summed E-state index contributed by atoms with van der Waals surface area (Å²) in [6, 6.07) is 0. The molecule has 2 aliphatic rings. The van der Waals surface area contributed by atoms with Gasteiger partial charge < -0.3 is 14.7 Å². The van der Waals surface area contributed by atoms with Crippen molar-refractivity contribution in [3.8, 4) is 0 Å². The van der Waals surface area contributed by atoms with Crippen LogP contribution >= 0.6 is 11.3 Å². The highest BCUT2D eigenvalue weighted by molar-refractivity contribution is 7.91. The fourth-order valence-corrected chi connectivity index (χ4v) is 4.85. The third-order valence-corrected chi connectivity index (χ3v) is 6.78. The number of rotatable bonds is 5. The Balaban J connectivity index is 0.000000878. The SMILES string of the molecule is CCOCc1nnc(N2CC(C(=O)N3CCS(=O)(=O)CC3)CC2=O)s1.O=CO. The molecule has 3 heterocycles. The fourth-order valence-electron chi connectivity index (χ4n) is 2.85. The second-order valence-corrected chi connectivity index (χ2v) is 9.45. The summed E-state index contributed by atoms with van der Waals surface area (Å²) in [5, 5.41) is 16.1. The van der Waals surface area contributed by atoms with Crippen molar-refractivity contribution < 1.29 is 32.6 Å². The van der Waals surface area contributed by atoms with Crippen LogP contribution in [0.2, 0.25) is 0 Å². The number of hydrogen-bond donors (Lipinski definition) is 1. The molecule has 156 valence electrons. The van der Waals surface area contributed by atoms with Crippen LogP contribution in [0, 0.1) is 5.92 Å². The summed E-state index contributed by atoms with van der Waals surface area (Å²) in [4.78, 5) is 36.2. The van der Waals surface area contributed by atoms with Gasteiger partial charge in [-0.25, -0.2) is 8.42 Å². The summed E-state index contributed by atoms with van der Waals surface area (Å²) >= 11 is 1.28. The summed E-state index contributed by atoms with van der Waals surface area (Å²) in [5.74, 6) is -0.819. The molecule has 11 nitrogen and oxygen atoms in total. The van der Waals surface area contributed by atoms with Crippen LogP contribution in [-0.2, 0) is 35.6 Å². The summed E-state index contributed by atoms with van der Waals surface area (Å²) in [5.41, 5.74) is 0. The molecule has 13 heteroatoms. The van der Waals surface area contributed by atoms with Crippen molar-refractivity contribution in [1.29, 1.82) is 0 Å². The van der Waals surface area contributed by atoms with Gasteiger partial charge in [0.05, 0.1) is 17.4 Å². The lowest BCUT2D eigenvalue weighted by Crippen LogP contribution is -2.46. The first-order valence-electron chi connectivity index (χ1n) is 8.58. The Hall–Kier alpha value is -2.12. The lowest BCUT2D eigenvalue weighted by atomic mass is 10.1. The van der Waals surface area contributed by atoms with Gasteiger partial charge in [-0.1, -0.05) is 11.3 Å². The number of anilines is 1. The highest BCUT2D eigenvalue weighted by atomic mass is 32.2. The Bertz CT molecular complexity index is 797. The topological polar surface area (TPSA) is 147 Å². The van der Waals surface area contributed by atoms with Crippen LogP contribution in [0.1, 0.15) is 18.4 Å². The molecule has 0 aromatic carbocycles. The summed E-state index contributed by atoms with van der Waals surface area (Å²) in [6.45, 7) is 3.20. The van der Waals surface area contributed by atoms with Gasteiger partial charge in [-0.15, -0.1) is 10.2 Å². The maximum absolute atomic E-state index is 12.6. The van der Waals surface area contributed by atoms with E-state index in [2.05, 4.69) is 10.2 Å². The molecular weight excluding hydrogens is 412 g/mol. The monoisotopic (exact) mass is 434 g/mol. The molecule has 1 N–H and O–H groups in total. The summed E-state index contributed by atoms with van der Waals surface area (Å²) in [7, 11) is -3.04. The highest BCUT2D eigenvalue weighted by Crippen LogP contribution is 2.29. The van der Waals surface area contributed by atoms with Gasteiger partial charge in [-0.3, -0.25) is 19.3 Å². The van der Waals surface area contributed by atoms with Crippen LogP contribution in [-0.4, -0.2) is 84.7 Å². The molecule has 28 heavy (non-hydrogen) atoms. The van der Waals surface area contributed by atoms with Gasteiger partial charge in [0.15, 0.2) is 9.84 Å². The number of aromatic nitrogens is 2. The van der Waals surface area contributed by atoms with Crippen molar-refractivity contribution in [3.05, 3.63) is 5.01 Å². The van der Waals surface area contributed by atoms with E-state index < -0.39 is 15.8 Å². The molecule has 2 amide bonds. The molecule has 2 aliphatic heterocycles. The minimum atomic E-state index is -3.04. The van der Waals surface area contributed by atoms with Crippen molar-refractivity contribution >= 4 is 44.6 Å². The Morgan fingerprint density at radius 1 is 1.36 bits per heavy atom. The zero-order valence-electron chi connectivity index (χ0n) is 15.3. The smallest absolute Gasteiger partial charge is 0.290 e. The molecule has 1 aromatic heterocycles. The van der Waals surface area contributed by atoms with Crippen LogP contribution in [0.3, 0.4) is 0 Å². The standard InChI is InChI=1S/C14H20N4O5S2.CH2O2/c1-2-23-9-11-15-16-14(24-11)18-8-10(7-12(18)19)13(20)17-3-5-25(21,22)6-4-17;2-1-3/h10H,2-9H2,1H3;1H,(H,2,3). The fraction of sp³-hybridized carbons (Fsp3) is 0.667. The van der Waals surface area contributed by atoms with E-state index in [1.54, 1.807) is 4.90 Å². The minimum Gasteiger partial charge on any atom is -0.483 e.